The minimum absolute atomic E-state index is 0.0745. The van der Waals surface area contributed by atoms with Crippen LogP contribution in [0, 0.1) is 0 Å². The number of rotatable bonds is 9. The third-order valence-corrected chi connectivity index (χ3v) is 3.25. The van der Waals surface area contributed by atoms with Crippen LogP contribution in [0.2, 0.25) is 0 Å². The highest BCUT2D eigenvalue weighted by atomic mass is 16.7. The molecule has 0 unspecified atom stereocenters. The van der Waals surface area contributed by atoms with Gasteiger partial charge in [-0.25, -0.2) is 4.79 Å². The molecule has 10 nitrogen and oxygen atoms in total. The Morgan fingerprint density at radius 2 is 1.59 bits per heavy atom. The third-order valence-electron chi connectivity index (χ3n) is 3.25. The number of oxime groups is 3. The van der Waals surface area contributed by atoms with Gasteiger partial charge < -0.3 is 19.2 Å². The number of ether oxygens (including phenoxy) is 1. The van der Waals surface area contributed by atoms with Crippen molar-refractivity contribution < 1.29 is 28.9 Å². The zero-order valence-corrected chi connectivity index (χ0v) is 16.3. The van der Waals surface area contributed by atoms with Crippen molar-refractivity contribution in [1.29, 1.82) is 0 Å². The Balaban J connectivity index is 2.98. The molecule has 0 radical (unpaired) electrons. The molecule has 1 aromatic rings. The van der Waals surface area contributed by atoms with Gasteiger partial charge in [0.1, 0.15) is 32.2 Å². The molecule has 0 aliphatic rings. The molecule has 0 aliphatic heterocycles. The van der Waals surface area contributed by atoms with Crippen molar-refractivity contribution >= 4 is 28.9 Å². The second kappa shape index (κ2) is 11.5. The van der Waals surface area contributed by atoms with E-state index in [4.69, 9.17) is 24.1 Å². The number of para-hydroxylation sites is 1. The fourth-order valence-corrected chi connectivity index (χ4v) is 2.09. The van der Waals surface area contributed by atoms with E-state index in [1.54, 1.807) is 38.1 Å². The summed E-state index contributed by atoms with van der Waals surface area (Å²) < 4.78 is 4.70. The average molecular weight is 380 g/mol. The van der Waals surface area contributed by atoms with Gasteiger partial charge in [0.05, 0.1) is 19.9 Å². The highest BCUT2D eigenvalue weighted by molar-refractivity contribution is 6.67. The first-order valence-electron chi connectivity index (χ1n) is 7.86. The first-order valence-corrected chi connectivity index (χ1v) is 7.86. The minimum Gasteiger partial charge on any atom is -0.451 e. The van der Waals surface area contributed by atoms with Gasteiger partial charge in [-0.1, -0.05) is 33.7 Å². The lowest BCUT2D eigenvalue weighted by Crippen LogP contribution is -2.30. The smallest absolute Gasteiger partial charge is 0.438 e. The Kier molecular flexibility index (Phi) is 9.30. The van der Waals surface area contributed by atoms with Gasteiger partial charge in [-0.05, 0) is 19.9 Å². The van der Waals surface area contributed by atoms with Crippen LogP contribution in [-0.4, -0.2) is 51.7 Å². The van der Waals surface area contributed by atoms with Gasteiger partial charge in [0.15, 0.2) is 5.71 Å². The van der Waals surface area contributed by atoms with E-state index in [-0.39, 0.29) is 6.61 Å². The topological polar surface area (TPSA) is 104 Å². The molecule has 0 heterocycles. The zero-order chi connectivity index (χ0) is 20.2. The van der Waals surface area contributed by atoms with Gasteiger partial charge >= 0.3 is 6.09 Å². The van der Waals surface area contributed by atoms with E-state index in [0.29, 0.717) is 28.4 Å². The molecule has 0 bridgehead atoms. The van der Waals surface area contributed by atoms with Crippen LogP contribution in [0.3, 0.4) is 0 Å². The summed E-state index contributed by atoms with van der Waals surface area (Å²) in [4.78, 5) is 31.9. The third kappa shape index (κ3) is 6.26. The summed E-state index contributed by atoms with van der Waals surface area (Å²) in [6.45, 7) is 3.46. The quantitative estimate of drug-likeness (QED) is 0.482. The van der Waals surface area contributed by atoms with Crippen molar-refractivity contribution in [3.63, 3.8) is 0 Å². The maximum Gasteiger partial charge on any atom is 0.438 e. The summed E-state index contributed by atoms with van der Waals surface area (Å²) in [5, 5.41) is 12.7. The predicted octanol–water partition coefficient (Wildman–Crippen LogP) is 2.74. The summed E-state index contributed by atoms with van der Waals surface area (Å²) in [7, 11) is 5.47. The molecule has 0 fully saturated rings. The van der Waals surface area contributed by atoms with E-state index in [0.717, 1.165) is 5.06 Å². The largest absolute Gasteiger partial charge is 0.451 e. The molecule has 0 aromatic heterocycles. The second-order valence-corrected chi connectivity index (χ2v) is 5.01. The van der Waals surface area contributed by atoms with Gasteiger partial charge in [0.25, 0.3) is 0 Å². The minimum atomic E-state index is -0.662. The molecular weight excluding hydrogens is 356 g/mol. The van der Waals surface area contributed by atoms with E-state index in [9.17, 15) is 4.79 Å². The standard InChI is InChI=1S/C17H24N4O6/c1-12(18-24-4)16(20-25-5)13(2)19-27-11-14-9-7-8-10-15(14)21(26-6)17(22)23-3/h7-10H,11H2,1-6H3. The number of hydrogen-bond donors (Lipinski definition) is 0. The van der Waals surface area contributed by atoms with Crippen LogP contribution in [-0.2, 0) is 30.7 Å². The van der Waals surface area contributed by atoms with Gasteiger partial charge in [-0.3, -0.25) is 4.84 Å². The first kappa shape index (κ1) is 21.9. The number of hydroxylamine groups is 1. The maximum atomic E-state index is 11.8. The Labute approximate surface area is 157 Å². The number of carbonyl (C=O) groups is 1. The first-order chi connectivity index (χ1) is 13.0. The van der Waals surface area contributed by atoms with Crippen molar-refractivity contribution in [2.75, 3.05) is 33.5 Å². The zero-order valence-electron chi connectivity index (χ0n) is 16.3. The van der Waals surface area contributed by atoms with Crippen molar-refractivity contribution in [3.05, 3.63) is 29.8 Å². The number of carbonyl (C=O) groups excluding carboxylic acids is 1. The number of methoxy groups -OCH3 is 1. The van der Waals surface area contributed by atoms with Gasteiger partial charge in [0.2, 0.25) is 0 Å². The highest BCUT2D eigenvalue weighted by Crippen LogP contribution is 2.22. The van der Waals surface area contributed by atoms with Crippen molar-refractivity contribution in [1.82, 2.24) is 0 Å². The molecule has 148 valence electrons. The molecule has 0 spiro atoms. The van der Waals surface area contributed by atoms with E-state index >= 15 is 0 Å². The molecule has 0 saturated heterocycles. The average Bonchev–Trinajstić information content (AvgIpc) is 2.67. The van der Waals surface area contributed by atoms with E-state index in [1.807, 2.05) is 0 Å². The van der Waals surface area contributed by atoms with E-state index < -0.39 is 6.09 Å². The van der Waals surface area contributed by atoms with Gasteiger partial charge in [-0.15, -0.1) is 0 Å². The molecular formula is C17H24N4O6. The Morgan fingerprint density at radius 1 is 0.963 bits per heavy atom. The van der Waals surface area contributed by atoms with E-state index in [1.165, 1.54) is 28.4 Å². The summed E-state index contributed by atoms with van der Waals surface area (Å²) in [5.41, 5.74) is 2.42. The fourth-order valence-electron chi connectivity index (χ4n) is 2.09. The van der Waals surface area contributed by atoms with E-state index in [2.05, 4.69) is 15.5 Å². The van der Waals surface area contributed by atoms with Crippen LogP contribution < -0.4 is 5.06 Å². The molecule has 1 amide bonds. The molecule has 0 saturated carbocycles. The maximum absolute atomic E-state index is 11.8. The predicted molar refractivity (Wildman–Crippen MR) is 101 cm³/mol. The van der Waals surface area contributed by atoms with Crippen molar-refractivity contribution in [3.8, 4) is 0 Å². The number of nitrogens with zero attached hydrogens (tertiary/aromatic N) is 4. The Morgan fingerprint density at radius 3 is 2.19 bits per heavy atom. The Bertz CT molecular complexity index is 717. The number of anilines is 1. The molecule has 0 aliphatic carbocycles. The number of benzene rings is 1. The second-order valence-electron chi connectivity index (χ2n) is 5.01. The number of hydrogen-bond acceptors (Lipinski definition) is 9. The summed E-state index contributed by atoms with van der Waals surface area (Å²) >= 11 is 0. The lowest BCUT2D eigenvalue weighted by atomic mass is 10.2. The normalized spacial score (nSPS) is 12.4. The lowest BCUT2D eigenvalue weighted by Gasteiger charge is -2.20. The lowest BCUT2D eigenvalue weighted by molar-refractivity contribution is 0.111. The molecule has 27 heavy (non-hydrogen) atoms. The molecule has 1 rings (SSSR count). The van der Waals surface area contributed by atoms with Crippen molar-refractivity contribution in [2.24, 2.45) is 15.5 Å². The van der Waals surface area contributed by atoms with Crippen LogP contribution in [0.15, 0.2) is 39.7 Å². The molecule has 10 heteroatoms. The summed E-state index contributed by atoms with van der Waals surface area (Å²) in [5.74, 6) is 0. The van der Waals surface area contributed by atoms with Crippen LogP contribution in [0.1, 0.15) is 19.4 Å². The van der Waals surface area contributed by atoms with Crippen LogP contribution >= 0.6 is 0 Å². The molecule has 0 atom stereocenters. The van der Waals surface area contributed by atoms with Gasteiger partial charge in [0, 0.05) is 5.56 Å². The molecule has 0 N–H and O–H groups in total. The molecule has 1 aromatic carbocycles. The summed E-state index contributed by atoms with van der Waals surface area (Å²) in [6.07, 6.45) is -0.662. The van der Waals surface area contributed by atoms with Gasteiger partial charge in [-0.2, -0.15) is 5.06 Å². The SMILES string of the molecule is CON=C(C)C(=NOC)C(C)=NOCc1ccccc1N(OC)C(=O)OC. The van der Waals surface area contributed by atoms with Crippen molar-refractivity contribution in [2.45, 2.75) is 20.5 Å². The number of amides is 1. The highest BCUT2D eigenvalue weighted by Gasteiger charge is 2.19. The van der Waals surface area contributed by atoms with Crippen LogP contribution in [0.5, 0.6) is 0 Å². The summed E-state index contributed by atoms with van der Waals surface area (Å²) in [6, 6.07) is 7.03. The monoisotopic (exact) mass is 380 g/mol. The van der Waals surface area contributed by atoms with Crippen LogP contribution in [0.4, 0.5) is 10.5 Å². The fraction of sp³-hybridized carbons (Fsp3) is 0.412. The van der Waals surface area contributed by atoms with Crippen LogP contribution in [0.25, 0.3) is 0 Å². The Hall–Kier alpha value is -3.14.